The van der Waals surface area contributed by atoms with Gasteiger partial charge in [-0.1, -0.05) is 6.07 Å². The zero-order valence-electron chi connectivity index (χ0n) is 12.6. The maximum absolute atomic E-state index is 15.0. The molecule has 1 aliphatic heterocycles. The van der Waals surface area contributed by atoms with Gasteiger partial charge in [0, 0.05) is 13.0 Å². The van der Waals surface area contributed by atoms with Crippen LogP contribution in [-0.2, 0) is 17.0 Å². The van der Waals surface area contributed by atoms with Gasteiger partial charge in [-0.05, 0) is 32.9 Å². The average Bonchev–Trinajstić information content (AvgIpc) is 2.81. The van der Waals surface area contributed by atoms with E-state index in [1.807, 2.05) is 0 Å². The molecule has 0 radical (unpaired) electrons. The molecular weight excluding hydrogens is 275 g/mol. The molecule has 1 N–H and O–H groups in total. The van der Waals surface area contributed by atoms with Crippen molar-refractivity contribution in [3.63, 3.8) is 0 Å². The summed E-state index contributed by atoms with van der Waals surface area (Å²) in [6, 6.07) is 4.87. The number of ether oxygens (including phenoxy) is 1. The molecular formula is C15H21FN2O3. The van der Waals surface area contributed by atoms with Crippen molar-refractivity contribution in [1.29, 1.82) is 0 Å². The molecule has 0 aromatic carbocycles. The fraction of sp³-hybridized carbons (Fsp3) is 0.600. The van der Waals surface area contributed by atoms with E-state index in [2.05, 4.69) is 4.98 Å². The highest BCUT2D eigenvalue weighted by molar-refractivity contribution is 5.68. The first-order valence-corrected chi connectivity index (χ1v) is 6.98. The second kappa shape index (κ2) is 5.60. The monoisotopic (exact) mass is 296 g/mol. The quantitative estimate of drug-likeness (QED) is 0.910. The second-order valence-electron chi connectivity index (χ2n) is 6.29. The third-order valence-electron chi connectivity index (χ3n) is 3.30. The first-order chi connectivity index (χ1) is 9.73. The summed E-state index contributed by atoms with van der Waals surface area (Å²) in [5.74, 6) is 0. The van der Waals surface area contributed by atoms with Crippen LogP contribution in [0.25, 0.3) is 0 Å². The summed E-state index contributed by atoms with van der Waals surface area (Å²) in [5, 5.41) is 9.09. The third kappa shape index (κ3) is 3.69. The van der Waals surface area contributed by atoms with E-state index < -0.39 is 17.4 Å². The number of pyridine rings is 1. The lowest BCUT2D eigenvalue weighted by Gasteiger charge is -2.25. The number of amides is 1. The topological polar surface area (TPSA) is 62.7 Å². The van der Waals surface area contributed by atoms with Crippen molar-refractivity contribution in [2.45, 2.75) is 45.1 Å². The second-order valence-corrected chi connectivity index (χ2v) is 6.29. The molecule has 2 rings (SSSR count). The molecule has 0 bridgehead atoms. The molecule has 2 heterocycles. The highest BCUT2D eigenvalue weighted by atomic mass is 19.1. The van der Waals surface area contributed by atoms with Gasteiger partial charge in [-0.25, -0.2) is 9.18 Å². The Balaban J connectivity index is 2.11. The number of halogens is 1. The van der Waals surface area contributed by atoms with Gasteiger partial charge in [0.15, 0.2) is 5.67 Å². The lowest BCUT2D eigenvalue weighted by atomic mass is 10.00. The Bertz CT molecular complexity index is 530. The van der Waals surface area contributed by atoms with Crippen molar-refractivity contribution in [2.75, 3.05) is 13.1 Å². The fourth-order valence-corrected chi connectivity index (χ4v) is 2.28. The van der Waals surface area contributed by atoms with Crippen LogP contribution in [0.2, 0.25) is 0 Å². The van der Waals surface area contributed by atoms with E-state index in [1.165, 1.54) is 4.90 Å². The maximum Gasteiger partial charge on any atom is 0.410 e. The highest BCUT2D eigenvalue weighted by Crippen LogP contribution is 2.35. The van der Waals surface area contributed by atoms with Gasteiger partial charge in [-0.3, -0.25) is 4.98 Å². The van der Waals surface area contributed by atoms with E-state index in [0.29, 0.717) is 5.69 Å². The zero-order valence-corrected chi connectivity index (χ0v) is 12.6. The van der Waals surface area contributed by atoms with Crippen LogP contribution in [0, 0.1) is 0 Å². The summed E-state index contributed by atoms with van der Waals surface area (Å²) in [7, 11) is 0. The minimum absolute atomic E-state index is 0.0796. The molecule has 116 valence electrons. The number of aliphatic hydroxyl groups excluding tert-OH is 1. The normalized spacial score (nSPS) is 22.4. The summed E-state index contributed by atoms with van der Waals surface area (Å²) < 4.78 is 20.3. The molecule has 1 aliphatic rings. The van der Waals surface area contributed by atoms with Gasteiger partial charge in [0.1, 0.15) is 5.60 Å². The van der Waals surface area contributed by atoms with E-state index in [4.69, 9.17) is 9.84 Å². The number of nitrogens with zero attached hydrogens (tertiary/aromatic N) is 2. The van der Waals surface area contributed by atoms with E-state index in [1.54, 1.807) is 39.0 Å². The summed E-state index contributed by atoms with van der Waals surface area (Å²) in [4.78, 5) is 17.4. The smallest absolute Gasteiger partial charge is 0.410 e. The predicted molar refractivity (Wildman–Crippen MR) is 75.4 cm³/mol. The number of aromatic nitrogens is 1. The average molecular weight is 296 g/mol. The summed E-state index contributed by atoms with van der Waals surface area (Å²) >= 11 is 0. The molecule has 1 aromatic rings. The van der Waals surface area contributed by atoms with Gasteiger partial charge in [-0.2, -0.15) is 0 Å². The van der Waals surface area contributed by atoms with Crippen LogP contribution in [0.1, 0.15) is 38.6 Å². The predicted octanol–water partition coefficient (Wildman–Crippen LogP) is 2.38. The van der Waals surface area contributed by atoms with Gasteiger partial charge in [-0.15, -0.1) is 0 Å². The minimum atomic E-state index is -1.69. The van der Waals surface area contributed by atoms with Gasteiger partial charge in [0.25, 0.3) is 0 Å². The Morgan fingerprint density at radius 2 is 2.24 bits per heavy atom. The number of rotatable bonds is 2. The third-order valence-corrected chi connectivity index (χ3v) is 3.30. The van der Waals surface area contributed by atoms with Crippen molar-refractivity contribution < 1.29 is 19.0 Å². The minimum Gasteiger partial charge on any atom is -0.444 e. The van der Waals surface area contributed by atoms with Crippen molar-refractivity contribution in [3.05, 3.63) is 29.6 Å². The Kier molecular flexibility index (Phi) is 4.18. The van der Waals surface area contributed by atoms with E-state index in [-0.39, 0.29) is 31.8 Å². The van der Waals surface area contributed by atoms with E-state index in [0.717, 1.165) is 0 Å². The molecule has 1 aromatic heterocycles. The number of alkyl halides is 1. The molecule has 21 heavy (non-hydrogen) atoms. The lowest BCUT2D eigenvalue weighted by Crippen LogP contribution is -2.37. The van der Waals surface area contributed by atoms with Crippen LogP contribution in [0.5, 0.6) is 0 Å². The van der Waals surface area contributed by atoms with Gasteiger partial charge in [0.05, 0.1) is 24.5 Å². The number of hydrogen-bond donors (Lipinski definition) is 1. The molecule has 5 nitrogen and oxygen atoms in total. The molecule has 1 unspecified atom stereocenters. The van der Waals surface area contributed by atoms with Crippen molar-refractivity contribution in [1.82, 2.24) is 9.88 Å². The molecule has 1 fully saturated rings. The number of aliphatic hydroxyl groups is 1. The summed E-state index contributed by atoms with van der Waals surface area (Å²) in [6.07, 6.45) is -0.339. The molecule has 1 amide bonds. The van der Waals surface area contributed by atoms with Crippen molar-refractivity contribution in [3.8, 4) is 0 Å². The number of carbonyl (C=O) groups is 1. The van der Waals surface area contributed by atoms with Gasteiger partial charge in [0.2, 0.25) is 0 Å². The first-order valence-electron chi connectivity index (χ1n) is 6.98. The number of hydrogen-bond acceptors (Lipinski definition) is 4. The Morgan fingerprint density at radius 1 is 1.52 bits per heavy atom. The molecule has 1 atom stereocenters. The maximum atomic E-state index is 15.0. The molecule has 0 spiro atoms. The SMILES string of the molecule is CC(C)(C)OC(=O)N1CCC(F)(c2cccc(CO)n2)C1. The standard InChI is InChI=1S/C15H21FN2O3/c1-14(2,3)21-13(20)18-8-7-15(16,10-18)12-6-4-5-11(9-19)17-12/h4-6,19H,7-10H2,1-3H3. The van der Waals surface area contributed by atoms with Crippen LogP contribution < -0.4 is 0 Å². The summed E-state index contributed by atoms with van der Waals surface area (Å²) in [6.45, 7) is 5.29. The fourth-order valence-electron chi connectivity index (χ4n) is 2.28. The molecule has 0 aliphatic carbocycles. The number of carbonyl (C=O) groups excluding carboxylic acids is 1. The largest absolute Gasteiger partial charge is 0.444 e. The van der Waals surface area contributed by atoms with Crippen molar-refractivity contribution in [2.24, 2.45) is 0 Å². The lowest BCUT2D eigenvalue weighted by molar-refractivity contribution is 0.0255. The van der Waals surface area contributed by atoms with Crippen LogP contribution in [0.3, 0.4) is 0 Å². The van der Waals surface area contributed by atoms with E-state index in [9.17, 15) is 4.79 Å². The van der Waals surface area contributed by atoms with Gasteiger partial charge >= 0.3 is 6.09 Å². The van der Waals surface area contributed by atoms with Gasteiger partial charge < -0.3 is 14.7 Å². The van der Waals surface area contributed by atoms with Crippen LogP contribution >= 0.6 is 0 Å². The Morgan fingerprint density at radius 3 is 2.86 bits per heavy atom. The number of likely N-dealkylation sites (tertiary alicyclic amines) is 1. The zero-order chi connectivity index (χ0) is 15.7. The Hall–Kier alpha value is -1.69. The Labute approximate surface area is 123 Å². The molecule has 6 heteroatoms. The van der Waals surface area contributed by atoms with E-state index >= 15 is 4.39 Å². The van der Waals surface area contributed by atoms with Crippen LogP contribution in [0.4, 0.5) is 9.18 Å². The van der Waals surface area contributed by atoms with Crippen LogP contribution in [0.15, 0.2) is 18.2 Å². The van der Waals surface area contributed by atoms with Crippen LogP contribution in [-0.4, -0.2) is 39.8 Å². The first kappa shape index (κ1) is 15.7. The molecule has 1 saturated heterocycles. The van der Waals surface area contributed by atoms with Crippen molar-refractivity contribution >= 4 is 6.09 Å². The summed E-state index contributed by atoms with van der Waals surface area (Å²) in [5.41, 5.74) is -1.63. The molecule has 0 saturated carbocycles. The highest BCUT2D eigenvalue weighted by Gasteiger charge is 2.44.